The summed E-state index contributed by atoms with van der Waals surface area (Å²) >= 11 is 1.83. The van der Waals surface area contributed by atoms with Crippen LogP contribution in [0.25, 0.3) is 87.4 Å². The fraction of sp³-hybridized carbons (Fsp3) is 0. The lowest BCUT2D eigenvalue weighted by molar-refractivity contribution is 0.665. The van der Waals surface area contributed by atoms with Gasteiger partial charge in [0.25, 0.3) is 0 Å². The maximum Gasteiger partial charge on any atom is 0.159 e. The normalized spacial score (nSPS) is 11.8. The third-order valence-electron chi connectivity index (χ3n) is 9.15. The van der Waals surface area contributed by atoms with Crippen molar-refractivity contribution in [2.75, 3.05) is 0 Å². The van der Waals surface area contributed by atoms with Crippen molar-refractivity contribution in [2.45, 2.75) is 0 Å². The molecule has 0 saturated heterocycles. The first-order valence-electron chi connectivity index (χ1n) is 15.9. The molecule has 0 radical (unpaired) electrons. The van der Waals surface area contributed by atoms with E-state index in [4.69, 9.17) is 4.42 Å². The summed E-state index contributed by atoms with van der Waals surface area (Å²) in [6, 6.07) is 47.0. The number of furan rings is 1. The van der Waals surface area contributed by atoms with Crippen LogP contribution in [-0.2, 0) is 0 Å². The molecule has 10 aromatic rings. The number of hydrogen-bond donors (Lipinski definition) is 0. The maximum absolute atomic E-state index is 6.54. The lowest BCUT2D eigenvalue weighted by atomic mass is 10.0. The first kappa shape index (κ1) is 26.9. The lowest BCUT2D eigenvalue weighted by Crippen LogP contribution is -1.96. The van der Waals surface area contributed by atoms with Crippen molar-refractivity contribution in [3.8, 4) is 45.3 Å². The second-order valence-corrected chi connectivity index (χ2v) is 13.0. The highest BCUT2D eigenvalue weighted by molar-refractivity contribution is 7.25. The molecule has 0 aliphatic rings. The van der Waals surface area contributed by atoms with Crippen molar-refractivity contribution in [1.82, 2.24) is 19.1 Å². The molecule has 48 heavy (non-hydrogen) atoms. The molecule has 226 valence electrons. The van der Waals surface area contributed by atoms with Crippen LogP contribution in [0.1, 0.15) is 0 Å². The monoisotopic (exact) mass is 634 g/mol. The second-order valence-electron chi connectivity index (χ2n) is 11.9. The van der Waals surface area contributed by atoms with E-state index in [9.17, 15) is 0 Å². The number of thiophene rings is 1. The Balaban J connectivity index is 1.08. The van der Waals surface area contributed by atoms with Gasteiger partial charge in [-0.1, -0.05) is 84.9 Å². The highest BCUT2D eigenvalue weighted by atomic mass is 32.1. The van der Waals surface area contributed by atoms with E-state index >= 15 is 0 Å². The van der Waals surface area contributed by atoms with Crippen molar-refractivity contribution >= 4 is 53.4 Å². The van der Waals surface area contributed by atoms with E-state index in [0.29, 0.717) is 0 Å². The Morgan fingerprint density at radius 1 is 0.479 bits per heavy atom. The number of para-hydroxylation sites is 1. The third kappa shape index (κ3) is 4.24. The molecule has 4 aromatic heterocycles. The minimum Gasteiger partial charge on any atom is -0.454 e. The van der Waals surface area contributed by atoms with Gasteiger partial charge in [0, 0.05) is 72.5 Å². The van der Waals surface area contributed by atoms with Crippen LogP contribution in [0.3, 0.4) is 0 Å². The molecule has 0 unspecified atom stereocenters. The van der Waals surface area contributed by atoms with E-state index in [-0.39, 0.29) is 0 Å². The predicted octanol–water partition coefficient (Wildman–Crippen LogP) is 11.3. The fourth-order valence-electron chi connectivity index (χ4n) is 6.86. The zero-order valence-electron chi connectivity index (χ0n) is 25.6. The van der Waals surface area contributed by atoms with Gasteiger partial charge in [0.1, 0.15) is 17.2 Å². The first-order chi connectivity index (χ1) is 23.8. The lowest BCUT2D eigenvalue weighted by Gasteiger charge is -2.09. The first-order valence-corrected chi connectivity index (χ1v) is 16.7. The second kappa shape index (κ2) is 10.7. The average Bonchev–Trinajstić information content (AvgIpc) is 3.96. The molecule has 0 amide bonds. The topological polar surface area (TPSA) is 48.8 Å². The number of imidazole rings is 2. The van der Waals surface area contributed by atoms with Gasteiger partial charge < -0.3 is 4.42 Å². The van der Waals surface area contributed by atoms with Crippen molar-refractivity contribution in [1.29, 1.82) is 0 Å². The molecule has 0 spiro atoms. The van der Waals surface area contributed by atoms with Gasteiger partial charge in [0.2, 0.25) is 0 Å². The number of hydrogen-bond acceptors (Lipinski definition) is 4. The molecule has 0 N–H and O–H groups in total. The van der Waals surface area contributed by atoms with Gasteiger partial charge in [-0.15, -0.1) is 11.3 Å². The summed E-state index contributed by atoms with van der Waals surface area (Å²) in [6.45, 7) is 0. The van der Waals surface area contributed by atoms with Gasteiger partial charge in [-0.2, -0.15) is 0 Å². The number of benzene rings is 6. The smallest absolute Gasteiger partial charge is 0.159 e. The molecular weight excluding hydrogens is 609 g/mol. The summed E-state index contributed by atoms with van der Waals surface area (Å²) in [6.07, 6.45) is 7.74. The predicted molar refractivity (Wildman–Crippen MR) is 197 cm³/mol. The summed E-state index contributed by atoms with van der Waals surface area (Å²) in [7, 11) is 0. The van der Waals surface area contributed by atoms with E-state index in [2.05, 4.69) is 128 Å². The zero-order chi connectivity index (χ0) is 31.6. The van der Waals surface area contributed by atoms with Crippen LogP contribution in [0.4, 0.5) is 0 Å². The average molecular weight is 635 g/mol. The van der Waals surface area contributed by atoms with Gasteiger partial charge in [-0.3, -0.25) is 9.13 Å². The quantitative estimate of drug-likeness (QED) is 0.189. The van der Waals surface area contributed by atoms with E-state index in [1.54, 1.807) is 0 Å². The highest BCUT2D eigenvalue weighted by Crippen LogP contribution is 2.40. The van der Waals surface area contributed by atoms with Gasteiger partial charge in [0.05, 0.1) is 5.69 Å². The van der Waals surface area contributed by atoms with E-state index in [1.165, 1.54) is 25.7 Å². The maximum atomic E-state index is 6.54. The Morgan fingerprint density at radius 3 is 1.85 bits per heavy atom. The number of aromatic nitrogens is 4. The van der Waals surface area contributed by atoms with Crippen molar-refractivity contribution < 1.29 is 4.42 Å². The van der Waals surface area contributed by atoms with Gasteiger partial charge in [-0.05, 0) is 59.7 Å². The van der Waals surface area contributed by atoms with Crippen LogP contribution in [0.15, 0.2) is 163 Å². The molecule has 0 atom stereocenters. The van der Waals surface area contributed by atoms with Crippen molar-refractivity contribution in [3.63, 3.8) is 0 Å². The zero-order valence-corrected chi connectivity index (χ0v) is 26.4. The number of nitrogens with zero attached hydrogens (tertiary/aromatic N) is 4. The summed E-state index contributed by atoms with van der Waals surface area (Å²) in [4.78, 5) is 9.35. The van der Waals surface area contributed by atoms with E-state index in [1.807, 2.05) is 60.4 Å². The summed E-state index contributed by atoms with van der Waals surface area (Å²) in [5.41, 5.74) is 8.26. The van der Waals surface area contributed by atoms with Crippen LogP contribution in [0.5, 0.6) is 0 Å². The van der Waals surface area contributed by atoms with Crippen LogP contribution in [0.2, 0.25) is 0 Å². The van der Waals surface area contributed by atoms with Crippen LogP contribution in [-0.4, -0.2) is 19.1 Å². The van der Waals surface area contributed by atoms with E-state index in [0.717, 1.165) is 61.7 Å². The summed E-state index contributed by atoms with van der Waals surface area (Å²) < 4.78 is 13.4. The van der Waals surface area contributed by atoms with Crippen LogP contribution < -0.4 is 0 Å². The molecule has 4 heterocycles. The SMILES string of the molecule is c1ccc(-c2nccn2-c2ccc3sc4ccc(-c5ccc6oc7c(-n8ccnc8-c8ccccc8)cccc7c6c5)cc4c3c2)cc1. The minimum atomic E-state index is 0.848. The molecule has 0 aliphatic heterocycles. The van der Waals surface area contributed by atoms with Crippen LogP contribution in [0, 0.1) is 0 Å². The Labute approximate surface area is 279 Å². The summed E-state index contributed by atoms with van der Waals surface area (Å²) in [5.74, 6) is 1.82. The molecule has 0 aliphatic carbocycles. The number of rotatable bonds is 5. The van der Waals surface area contributed by atoms with Gasteiger partial charge in [0.15, 0.2) is 5.58 Å². The highest BCUT2D eigenvalue weighted by Gasteiger charge is 2.17. The van der Waals surface area contributed by atoms with Crippen molar-refractivity contribution in [2.24, 2.45) is 0 Å². The molecule has 0 fully saturated rings. The Kier molecular flexibility index (Phi) is 5.98. The largest absolute Gasteiger partial charge is 0.454 e. The van der Waals surface area contributed by atoms with Gasteiger partial charge in [-0.25, -0.2) is 9.97 Å². The minimum absolute atomic E-state index is 0.848. The molecule has 6 aromatic carbocycles. The summed E-state index contributed by atoms with van der Waals surface area (Å²) in [5, 5.41) is 4.68. The van der Waals surface area contributed by atoms with Gasteiger partial charge >= 0.3 is 0 Å². The molecule has 0 bridgehead atoms. The third-order valence-corrected chi connectivity index (χ3v) is 10.3. The molecule has 0 saturated carbocycles. The Morgan fingerprint density at radius 2 is 1.10 bits per heavy atom. The molecule has 5 nitrogen and oxygen atoms in total. The molecular formula is C42H26N4OS. The Hall–Kier alpha value is -6.24. The standard InChI is InChI=1S/C42H26N4OS/c1-3-8-27(9-4-1)41-43-20-22-45(41)31-16-19-39-35(26-31)34-25-30(15-18-38(34)48-39)29-14-17-37-33(24-29)32-12-7-13-36(40(32)47-37)46-23-21-44-42(46)28-10-5-2-6-11-28/h1-26H. The van der Waals surface area contributed by atoms with Crippen LogP contribution >= 0.6 is 11.3 Å². The molecule has 6 heteroatoms. The Bertz CT molecular complexity index is 2770. The molecule has 10 rings (SSSR count). The van der Waals surface area contributed by atoms with E-state index < -0.39 is 0 Å². The number of fused-ring (bicyclic) bond motifs is 6. The fourth-order valence-corrected chi connectivity index (χ4v) is 7.93. The van der Waals surface area contributed by atoms with Crippen molar-refractivity contribution in [3.05, 3.63) is 158 Å².